The summed E-state index contributed by atoms with van der Waals surface area (Å²) in [7, 11) is 0. The predicted molar refractivity (Wildman–Crippen MR) is 92.4 cm³/mol. The first-order valence-electron chi connectivity index (χ1n) is 8.60. The van der Waals surface area contributed by atoms with Crippen molar-refractivity contribution in [2.24, 2.45) is 0 Å². The zero-order valence-corrected chi connectivity index (χ0v) is 14.6. The molecule has 0 N–H and O–H groups in total. The summed E-state index contributed by atoms with van der Waals surface area (Å²) in [5.74, 6) is 2.75. The molecule has 0 radical (unpaired) electrons. The predicted octanol–water partition coefficient (Wildman–Crippen LogP) is 3.73. The number of likely N-dealkylation sites (tertiary alicyclic amines) is 1. The van der Waals surface area contributed by atoms with Gasteiger partial charge in [0.05, 0.1) is 0 Å². The number of benzene rings is 1. The first-order valence-corrected chi connectivity index (χ1v) is 9.58. The lowest BCUT2D eigenvalue weighted by atomic mass is 10.00. The monoisotopic (exact) mass is 335 g/mol. The molecule has 2 aliphatic rings. The van der Waals surface area contributed by atoms with Crippen molar-refractivity contribution < 1.29 is 14.3 Å². The normalized spacial score (nSPS) is 20.4. The van der Waals surface area contributed by atoms with Crippen molar-refractivity contribution >= 4 is 17.7 Å². The molecule has 2 heterocycles. The molecule has 126 valence electrons. The summed E-state index contributed by atoms with van der Waals surface area (Å²) in [4.78, 5) is 15.7. The molecule has 1 atom stereocenters. The van der Waals surface area contributed by atoms with Gasteiger partial charge in [-0.1, -0.05) is 6.92 Å². The number of carbonyl (C=O) groups is 1. The summed E-state index contributed by atoms with van der Waals surface area (Å²) < 4.78 is 11.1. The molecule has 1 saturated heterocycles. The van der Waals surface area contributed by atoms with Crippen LogP contribution in [-0.4, -0.2) is 42.4 Å². The molecule has 0 spiro atoms. The van der Waals surface area contributed by atoms with Gasteiger partial charge in [0.15, 0.2) is 11.5 Å². The number of piperidine rings is 1. The number of carbonyl (C=O) groups excluding carboxylic acids is 1. The molecule has 0 aliphatic carbocycles. The second kappa shape index (κ2) is 7.95. The van der Waals surface area contributed by atoms with Crippen LogP contribution in [0, 0.1) is 0 Å². The SMILES string of the molecule is CCC1CCCCN1C(=O)CCSc1ccc2c(c1)OCCO2. The van der Waals surface area contributed by atoms with Gasteiger partial charge >= 0.3 is 0 Å². The van der Waals surface area contributed by atoms with Gasteiger partial charge in [-0.2, -0.15) is 0 Å². The number of amides is 1. The van der Waals surface area contributed by atoms with Gasteiger partial charge in [-0.15, -0.1) is 11.8 Å². The number of thioether (sulfide) groups is 1. The molecule has 23 heavy (non-hydrogen) atoms. The molecular formula is C18H25NO3S. The summed E-state index contributed by atoms with van der Waals surface area (Å²) in [6.07, 6.45) is 5.25. The maximum atomic E-state index is 12.5. The number of rotatable bonds is 5. The molecule has 1 unspecified atom stereocenters. The Balaban J connectivity index is 1.50. The van der Waals surface area contributed by atoms with Crippen LogP contribution in [0.1, 0.15) is 39.0 Å². The van der Waals surface area contributed by atoms with Crippen LogP contribution in [0.25, 0.3) is 0 Å². The van der Waals surface area contributed by atoms with E-state index in [0.29, 0.717) is 31.6 Å². The van der Waals surface area contributed by atoms with E-state index in [4.69, 9.17) is 9.47 Å². The number of ether oxygens (including phenoxy) is 2. The van der Waals surface area contributed by atoms with Crippen molar-refractivity contribution in [2.75, 3.05) is 25.5 Å². The third-order valence-electron chi connectivity index (χ3n) is 4.52. The van der Waals surface area contributed by atoms with E-state index in [1.165, 1.54) is 6.42 Å². The van der Waals surface area contributed by atoms with E-state index in [1.807, 2.05) is 18.2 Å². The van der Waals surface area contributed by atoms with Crippen molar-refractivity contribution in [3.8, 4) is 11.5 Å². The molecule has 4 nitrogen and oxygen atoms in total. The van der Waals surface area contributed by atoms with Gasteiger partial charge < -0.3 is 14.4 Å². The van der Waals surface area contributed by atoms with Crippen LogP contribution >= 0.6 is 11.8 Å². The van der Waals surface area contributed by atoms with Crippen LogP contribution in [0.3, 0.4) is 0 Å². The molecule has 0 saturated carbocycles. The molecule has 5 heteroatoms. The molecule has 1 amide bonds. The second-order valence-corrected chi connectivity index (χ2v) is 7.22. The minimum Gasteiger partial charge on any atom is -0.486 e. The second-order valence-electron chi connectivity index (χ2n) is 6.05. The van der Waals surface area contributed by atoms with Crippen molar-refractivity contribution in [3.63, 3.8) is 0 Å². The first kappa shape index (κ1) is 16.5. The fourth-order valence-electron chi connectivity index (χ4n) is 3.27. The summed E-state index contributed by atoms with van der Waals surface area (Å²) in [5, 5.41) is 0. The van der Waals surface area contributed by atoms with Crippen LogP contribution in [0.4, 0.5) is 0 Å². The first-order chi connectivity index (χ1) is 11.3. The Hall–Kier alpha value is -1.36. The van der Waals surface area contributed by atoms with Gasteiger partial charge in [0.1, 0.15) is 13.2 Å². The van der Waals surface area contributed by atoms with E-state index < -0.39 is 0 Å². The van der Waals surface area contributed by atoms with Crippen molar-refractivity contribution in [1.29, 1.82) is 0 Å². The van der Waals surface area contributed by atoms with Crippen molar-refractivity contribution in [2.45, 2.75) is 50.0 Å². The highest BCUT2D eigenvalue weighted by molar-refractivity contribution is 7.99. The molecule has 3 rings (SSSR count). The summed E-state index contributed by atoms with van der Waals surface area (Å²) >= 11 is 1.71. The number of hydrogen-bond acceptors (Lipinski definition) is 4. The van der Waals surface area contributed by atoms with E-state index in [-0.39, 0.29) is 0 Å². The van der Waals surface area contributed by atoms with Crippen molar-refractivity contribution in [3.05, 3.63) is 18.2 Å². The maximum Gasteiger partial charge on any atom is 0.223 e. The Morgan fingerprint density at radius 2 is 2.09 bits per heavy atom. The van der Waals surface area contributed by atoms with Crippen LogP contribution in [0.2, 0.25) is 0 Å². The fraction of sp³-hybridized carbons (Fsp3) is 0.611. The Morgan fingerprint density at radius 1 is 1.26 bits per heavy atom. The lowest BCUT2D eigenvalue weighted by Crippen LogP contribution is -2.43. The molecule has 1 aromatic carbocycles. The highest BCUT2D eigenvalue weighted by Crippen LogP contribution is 2.34. The van der Waals surface area contributed by atoms with Crippen LogP contribution < -0.4 is 9.47 Å². The average molecular weight is 335 g/mol. The Morgan fingerprint density at radius 3 is 2.91 bits per heavy atom. The van der Waals surface area contributed by atoms with Gasteiger partial charge in [0, 0.05) is 29.7 Å². The van der Waals surface area contributed by atoms with Gasteiger partial charge in [-0.25, -0.2) is 0 Å². The number of hydrogen-bond donors (Lipinski definition) is 0. The Bertz CT molecular complexity index is 549. The number of nitrogens with zero attached hydrogens (tertiary/aromatic N) is 1. The molecule has 1 aromatic rings. The van der Waals surface area contributed by atoms with E-state index in [9.17, 15) is 4.79 Å². The Kier molecular flexibility index (Phi) is 5.70. The van der Waals surface area contributed by atoms with E-state index in [0.717, 1.165) is 48.0 Å². The van der Waals surface area contributed by atoms with Crippen LogP contribution in [-0.2, 0) is 4.79 Å². The fourth-order valence-corrected chi connectivity index (χ4v) is 4.13. The van der Waals surface area contributed by atoms with Gasteiger partial charge in [0.2, 0.25) is 5.91 Å². The maximum absolute atomic E-state index is 12.5. The van der Waals surface area contributed by atoms with E-state index >= 15 is 0 Å². The smallest absolute Gasteiger partial charge is 0.223 e. The average Bonchev–Trinajstić information content (AvgIpc) is 2.61. The Labute approximate surface area is 142 Å². The molecular weight excluding hydrogens is 310 g/mol. The minimum absolute atomic E-state index is 0.307. The molecule has 1 fully saturated rings. The third-order valence-corrected chi connectivity index (χ3v) is 5.51. The van der Waals surface area contributed by atoms with Gasteiger partial charge in [-0.3, -0.25) is 4.79 Å². The van der Waals surface area contributed by atoms with E-state index in [2.05, 4.69) is 11.8 Å². The number of fused-ring (bicyclic) bond motifs is 1. The molecule has 0 aromatic heterocycles. The van der Waals surface area contributed by atoms with Gasteiger partial charge in [0.25, 0.3) is 0 Å². The lowest BCUT2D eigenvalue weighted by molar-refractivity contribution is -0.134. The van der Waals surface area contributed by atoms with Gasteiger partial charge in [-0.05, 0) is 43.9 Å². The summed E-state index contributed by atoms with van der Waals surface area (Å²) in [6, 6.07) is 6.46. The summed E-state index contributed by atoms with van der Waals surface area (Å²) in [5.41, 5.74) is 0. The molecule has 0 bridgehead atoms. The standard InChI is InChI=1S/C18H25NO3S/c1-2-14-5-3-4-9-19(14)18(20)8-12-23-15-6-7-16-17(13-15)22-11-10-21-16/h6-7,13-14H,2-5,8-12H2,1H3. The molecule has 2 aliphatic heterocycles. The highest BCUT2D eigenvalue weighted by atomic mass is 32.2. The zero-order chi connectivity index (χ0) is 16.1. The quantitative estimate of drug-likeness (QED) is 0.769. The lowest BCUT2D eigenvalue weighted by Gasteiger charge is -2.35. The zero-order valence-electron chi connectivity index (χ0n) is 13.8. The highest BCUT2D eigenvalue weighted by Gasteiger charge is 2.24. The van der Waals surface area contributed by atoms with Crippen LogP contribution in [0.5, 0.6) is 11.5 Å². The van der Waals surface area contributed by atoms with E-state index in [1.54, 1.807) is 11.8 Å². The topological polar surface area (TPSA) is 38.8 Å². The largest absolute Gasteiger partial charge is 0.486 e. The summed E-state index contributed by atoms with van der Waals surface area (Å²) in [6.45, 7) is 4.33. The third kappa shape index (κ3) is 4.14. The minimum atomic E-state index is 0.307. The van der Waals surface area contributed by atoms with Crippen molar-refractivity contribution in [1.82, 2.24) is 4.90 Å². The van der Waals surface area contributed by atoms with Crippen LogP contribution in [0.15, 0.2) is 23.1 Å².